The molecule has 9 heteroatoms. The van der Waals surface area contributed by atoms with Gasteiger partial charge in [-0.1, -0.05) is 18.2 Å². The Balaban J connectivity index is 1.56. The largest absolute Gasteiger partial charge is 0.491 e. The Hall–Kier alpha value is -2.55. The Morgan fingerprint density at radius 2 is 2.15 bits per heavy atom. The number of hydrogen-bond donors (Lipinski definition) is 1. The number of aromatic nitrogens is 2. The van der Waals surface area contributed by atoms with Crippen LogP contribution in [0.3, 0.4) is 0 Å². The maximum Gasteiger partial charge on any atom is 0.318 e. The highest BCUT2D eigenvalue weighted by Crippen LogP contribution is 2.33. The SMILES string of the molecule is Cn1cc([C@H]2CS(=O)(=O)CCN2C(=O)N[C@@H]2COc3ccccc32)cn1. The van der Waals surface area contributed by atoms with Gasteiger partial charge in [-0.25, -0.2) is 13.2 Å². The number of carbonyl (C=O) groups excluding carboxylic acids is 1. The highest BCUT2D eigenvalue weighted by molar-refractivity contribution is 7.91. The average molecular weight is 376 g/mol. The molecule has 4 rings (SSSR count). The number of hydrogen-bond acceptors (Lipinski definition) is 5. The molecule has 8 nitrogen and oxygen atoms in total. The number of rotatable bonds is 2. The van der Waals surface area contributed by atoms with Gasteiger partial charge in [-0.3, -0.25) is 4.68 Å². The number of carbonyl (C=O) groups is 1. The van der Waals surface area contributed by atoms with Gasteiger partial charge in [-0.05, 0) is 6.07 Å². The third kappa shape index (κ3) is 3.14. The summed E-state index contributed by atoms with van der Waals surface area (Å²) in [6.45, 7) is 0.526. The van der Waals surface area contributed by atoms with Gasteiger partial charge < -0.3 is 15.0 Å². The van der Waals surface area contributed by atoms with Crippen molar-refractivity contribution in [1.29, 1.82) is 0 Å². The summed E-state index contributed by atoms with van der Waals surface area (Å²) in [5.41, 5.74) is 1.65. The van der Waals surface area contributed by atoms with Gasteiger partial charge in [0.25, 0.3) is 0 Å². The number of fused-ring (bicyclic) bond motifs is 1. The van der Waals surface area contributed by atoms with Crippen LogP contribution < -0.4 is 10.1 Å². The maximum atomic E-state index is 12.9. The van der Waals surface area contributed by atoms with Crippen molar-refractivity contribution in [3.8, 4) is 5.75 Å². The number of nitrogens with one attached hydrogen (secondary N) is 1. The van der Waals surface area contributed by atoms with E-state index >= 15 is 0 Å². The number of ether oxygens (including phenoxy) is 1. The summed E-state index contributed by atoms with van der Waals surface area (Å²) in [5, 5.41) is 7.09. The topological polar surface area (TPSA) is 93.5 Å². The molecule has 1 aromatic carbocycles. The number of amides is 2. The molecule has 26 heavy (non-hydrogen) atoms. The molecule has 0 aliphatic carbocycles. The van der Waals surface area contributed by atoms with Crippen LogP contribution in [-0.2, 0) is 16.9 Å². The molecule has 2 aliphatic rings. The molecule has 0 spiro atoms. The molecule has 3 heterocycles. The fourth-order valence-electron chi connectivity index (χ4n) is 3.45. The summed E-state index contributed by atoms with van der Waals surface area (Å²) in [6.07, 6.45) is 3.36. The molecule has 2 amide bonds. The first-order valence-corrected chi connectivity index (χ1v) is 10.2. The van der Waals surface area contributed by atoms with Crippen LogP contribution in [0.4, 0.5) is 4.79 Å². The minimum Gasteiger partial charge on any atom is -0.491 e. The third-order valence-electron chi connectivity index (χ3n) is 4.80. The number of para-hydroxylation sites is 1. The first-order valence-electron chi connectivity index (χ1n) is 8.41. The van der Waals surface area contributed by atoms with Gasteiger partial charge in [0.15, 0.2) is 9.84 Å². The van der Waals surface area contributed by atoms with Gasteiger partial charge in [0.2, 0.25) is 0 Å². The van der Waals surface area contributed by atoms with E-state index in [2.05, 4.69) is 10.4 Å². The predicted octanol–water partition coefficient (Wildman–Crippen LogP) is 1.03. The summed E-state index contributed by atoms with van der Waals surface area (Å²) < 4.78 is 31.4. The highest BCUT2D eigenvalue weighted by Gasteiger charge is 2.37. The zero-order chi connectivity index (χ0) is 18.3. The summed E-state index contributed by atoms with van der Waals surface area (Å²) in [7, 11) is -1.43. The molecule has 0 saturated carbocycles. The van der Waals surface area contributed by atoms with Crippen LogP contribution in [0.25, 0.3) is 0 Å². The molecule has 2 aliphatic heterocycles. The number of urea groups is 1. The van der Waals surface area contributed by atoms with Gasteiger partial charge in [-0.15, -0.1) is 0 Å². The summed E-state index contributed by atoms with van der Waals surface area (Å²) in [5.74, 6) is 0.640. The molecular weight excluding hydrogens is 356 g/mol. The van der Waals surface area contributed by atoms with E-state index in [0.717, 1.165) is 11.3 Å². The molecule has 1 fully saturated rings. The highest BCUT2D eigenvalue weighted by atomic mass is 32.2. The van der Waals surface area contributed by atoms with Crippen LogP contribution in [-0.4, -0.2) is 53.8 Å². The minimum atomic E-state index is -3.20. The summed E-state index contributed by atoms with van der Waals surface area (Å²) in [6, 6.07) is 6.50. The Morgan fingerprint density at radius 1 is 1.35 bits per heavy atom. The van der Waals surface area contributed by atoms with E-state index in [1.165, 1.54) is 0 Å². The normalized spacial score (nSPS) is 24.0. The van der Waals surface area contributed by atoms with Crippen molar-refractivity contribution in [3.63, 3.8) is 0 Å². The molecule has 1 aromatic heterocycles. The standard InChI is InChI=1S/C17H20N4O4S/c1-20-9-12(8-18-20)15-11-26(23,24)7-6-21(15)17(22)19-14-10-25-16-5-3-2-4-13(14)16/h2-5,8-9,14-15H,6-7,10-11H2,1H3,(H,19,22)/t14-,15-/m1/s1. The number of nitrogens with zero attached hydrogens (tertiary/aromatic N) is 3. The Kier molecular flexibility index (Phi) is 4.10. The van der Waals surface area contributed by atoms with Crippen molar-refractivity contribution in [1.82, 2.24) is 20.0 Å². The van der Waals surface area contributed by atoms with Crippen molar-refractivity contribution in [2.24, 2.45) is 7.05 Å². The molecule has 2 atom stereocenters. The van der Waals surface area contributed by atoms with Crippen molar-refractivity contribution in [2.75, 3.05) is 24.7 Å². The lowest BCUT2D eigenvalue weighted by molar-refractivity contribution is 0.174. The summed E-state index contributed by atoms with van der Waals surface area (Å²) in [4.78, 5) is 14.5. The van der Waals surface area contributed by atoms with Crippen LogP contribution >= 0.6 is 0 Å². The Labute approximate surface area is 151 Å². The molecule has 138 valence electrons. The average Bonchev–Trinajstić information content (AvgIpc) is 3.21. The van der Waals surface area contributed by atoms with E-state index in [-0.39, 0.29) is 30.1 Å². The van der Waals surface area contributed by atoms with Crippen molar-refractivity contribution < 1.29 is 17.9 Å². The van der Waals surface area contributed by atoms with Gasteiger partial charge in [0, 0.05) is 30.9 Å². The quantitative estimate of drug-likeness (QED) is 0.845. The van der Waals surface area contributed by atoms with Gasteiger partial charge in [0.1, 0.15) is 12.4 Å². The summed E-state index contributed by atoms with van der Waals surface area (Å²) >= 11 is 0. The smallest absolute Gasteiger partial charge is 0.318 e. The zero-order valence-electron chi connectivity index (χ0n) is 14.3. The lowest BCUT2D eigenvalue weighted by Gasteiger charge is -2.35. The van der Waals surface area contributed by atoms with Crippen molar-refractivity contribution >= 4 is 15.9 Å². The van der Waals surface area contributed by atoms with E-state index in [4.69, 9.17) is 4.74 Å². The lowest BCUT2D eigenvalue weighted by atomic mass is 10.1. The minimum absolute atomic E-state index is 0.0328. The second-order valence-corrected chi connectivity index (χ2v) is 8.85. The zero-order valence-corrected chi connectivity index (χ0v) is 15.1. The monoisotopic (exact) mass is 376 g/mol. The fraction of sp³-hybridized carbons (Fsp3) is 0.412. The molecule has 1 N–H and O–H groups in total. The second kappa shape index (κ2) is 6.31. The van der Waals surface area contributed by atoms with Crippen LogP contribution in [0.1, 0.15) is 23.2 Å². The number of sulfone groups is 1. The van der Waals surface area contributed by atoms with Crippen LogP contribution in [0, 0.1) is 0 Å². The van der Waals surface area contributed by atoms with Gasteiger partial charge in [-0.2, -0.15) is 5.10 Å². The van der Waals surface area contributed by atoms with Crippen LogP contribution in [0.5, 0.6) is 5.75 Å². The number of aryl methyl sites for hydroxylation is 1. The van der Waals surface area contributed by atoms with Crippen LogP contribution in [0.2, 0.25) is 0 Å². The molecule has 0 radical (unpaired) electrons. The Bertz CT molecular complexity index is 940. The predicted molar refractivity (Wildman–Crippen MR) is 94.5 cm³/mol. The fourth-order valence-corrected chi connectivity index (χ4v) is 4.95. The lowest BCUT2D eigenvalue weighted by Crippen LogP contribution is -2.50. The van der Waals surface area contributed by atoms with E-state index in [1.54, 1.807) is 29.0 Å². The molecule has 2 aromatic rings. The maximum absolute atomic E-state index is 12.9. The van der Waals surface area contributed by atoms with E-state index in [0.29, 0.717) is 12.2 Å². The van der Waals surface area contributed by atoms with Crippen molar-refractivity contribution in [3.05, 3.63) is 47.8 Å². The molecule has 0 bridgehead atoms. The van der Waals surface area contributed by atoms with Crippen molar-refractivity contribution in [2.45, 2.75) is 12.1 Å². The van der Waals surface area contributed by atoms with Gasteiger partial charge in [0.05, 0.1) is 29.8 Å². The van der Waals surface area contributed by atoms with E-state index in [1.807, 2.05) is 24.3 Å². The molecular formula is C17H20N4O4S. The molecule has 1 saturated heterocycles. The van der Waals surface area contributed by atoms with Crippen LogP contribution in [0.15, 0.2) is 36.7 Å². The first-order chi connectivity index (χ1) is 12.4. The molecule has 0 unspecified atom stereocenters. The Morgan fingerprint density at radius 3 is 2.92 bits per heavy atom. The number of benzene rings is 1. The van der Waals surface area contributed by atoms with Gasteiger partial charge >= 0.3 is 6.03 Å². The first kappa shape index (κ1) is 16.9. The third-order valence-corrected chi connectivity index (χ3v) is 6.43. The second-order valence-electron chi connectivity index (χ2n) is 6.62. The van der Waals surface area contributed by atoms with E-state index in [9.17, 15) is 13.2 Å². The van der Waals surface area contributed by atoms with E-state index < -0.39 is 15.9 Å².